The summed E-state index contributed by atoms with van der Waals surface area (Å²) in [5.41, 5.74) is 0. The van der Waals surface area contributed by atoms with Crippen molar-refractivity contribution in [3.63, 3.8) is 0 Å². The Labute approximate surface area is 101 Å². The Morgan fingerprint density at radius 1 is 0.733 bits per heavy atom. The molecule has 0 spiro atoms. The minimum absolute atomic E-state index is 0. The Bertz CT molecular complexity index is 147. The van der Waals surface area contributed by atoms with E-state index in [0.29, 0.717) is 0 Å². The van der Waals surface area contributed by atoms with Gasteiger partial charge in [-0.1, -0.05) is 25.7 Å². The van der Waals surface area contributed by atoms with Gasteiger partial charge in [0.05, 0.1) is 19.6 Å². The van der Waals surface area contributed by atoms with Crippen LogP contribution in [0.2, 0.25) is 0 Å². The molecule has 1 aliphatic carbocycles. The summed E-state index contributed by atoms with van der Waals surface area (Å²) in [5.74, 6) is 1.07. The lowest BCUT2D eigenvalue weighted by atomic mass is 9.98. The van der Waals surface area contributed by atoms with Crippen LogP contribution >= 0.6 is 0 Å². The van der Waals surface area contributed by atoms with Crippen molar-refractivity contribution in [1.29, 1.82) is 0 Å². The normalized spacial score (nSPS) is 25.6. The quantitative estimate of drug-likeness (QED) is 0.584. The molecule has 0 unspecified atom stereocenters. The molecule has 0 aromatic rings. The predicted molar refractivity (Wildman–Crippen MR) is 60.6 cm³/mol. The Morgan fingerprint density at radius 2 is 1.27 bits per heavy atom. The van der Waals surface area contributed by atoms with Gasteiger partial charge in [-0.2, -0.15) is 0 Å². The molecule has 1 aliphatic heterocycles. The van der Waals surface area contributed by atoms with E-state index in [2.05, 4.69) is 0 Å². The molecule has 0 atom stereocenters. The fourth-order valence-corrected chi connectivity index (χ4v) is 3.23. The van der Waals surface area contributed by atoms with Crippen LogP contribution in [0.25, 0.3) is 0 Å². The molecule has 0 aromatic carbocycles. The highest BCUT2D eigenvalue weighted by Gasteiger charge is 2.20. The average Bonchev–Trinajstić information content (AvgIpc) is 2.48. The molecule has 2 fully saturated rings. The summed E-state index contributed by atoms with van der Waals surface area (Å²) in [6.45, 7) is 4.44. The highest BCUT2D eigenvalue weighted by molar-refractivity contribution is 4.63. The zero-order valence-electron chi connectivity index (χ0n) is 9.94. The van der Waals surface area contributed by atoms with E-state index in [0.717, 1.165) is 5.92 Å². The van der Waals surface area contributed by atoms with Gasteiger partial charge < -0.3 is 17.3 Å². The fraction of sp³-hybridized carbons (Fsp3) is 1.00. The topological polar surface area (TPSA) is 4.44 Å². The van der Waals surface area contributed by atoms with Crippen molar-refractivity contribution >= 4 is 0 Å². The molecule has 1 N–H and O–H groups in total. The molecule has 15 heavy (non-hydrogen) atoms. The van der Waals surface area contributed by atoms with Crippen LogP contribution in [0.1, 0.15) is 57.8 Å². The molecule has 2 heteroatoms. The van der Waals surface area contributed by atoms with Crippen molar-refractivity contribution in [2.75, 3.05) is 19.6 Å². The highest BCUT2D eigenvalue weighted by atomic mass is 35.5. The lowest BCUT2D eigenvalue weighted by molar-refractivity contribution is -0.908. The third kappa shape index (κ3) is 4.74. The molecular weight excluding hydrogens is 206 g/mol. The van der Waals surface area contributed by atoms with Gasteiger partial charge in [-0.15, -0.1) is 0 Å². The molecule has 1 heterocycles. The van der Waals surface area contributed by atoms with E-state index < -0.39 is 0 Å². The van der Waals surface area contributed by atoms with Gasteiger partial charge in [-0.05, 0) is 32.1 Å². The molecule has 0 aromatic heterocycles. The summed E-state index contributed by atoms with van der Waals surface area (Å²) >= 11 is 0. The monoisotopic (exact) mass is 231 g/mol. The first kappa shape index (κ1) is 13.3. The van der Waals surface area contributed by atoms with Gasteiger partial charge >= 0.3 is 0 Å². The maximum absolute atomic E-state index is 1.92. The predicted octanol–water partition coefficient (Wildman–Crippen LogP) is -0.970. The number of hydrogen-bond acceptors (Lipinski definition) is 0. The lowest BCUT2D eigenvalue weighted by Crippen LogP contribution is -3.13. The second-order valence-electron chi connectivity index (χ2n) is 5.37. The van der Waals surface area contributed by atoms with E-state index in [1.807, 2.05) is 4.90 Å². The first-order chi connectivity index (χ1) is 6.95. The second kappa shape index (κ2) is 7.51. The number of piperidine rings is 1. The lowest BCUT2D eigenvalue weighted by Gasteiger charge is -2.27. The summed E-state index contributed by atoms with van der Waals surface area (Å²) in [6, 6.07) is 0. The van der Waals surface area contributed by atoms with Crippen molar-refractivity contribution < 1.29 is 17.3 Å². The van der Waals surface area contributed by atoms with Crippen LogP contribution in [-0.4, -0.2) is 19.6 Å². The maximum atomic E-state index is 1.92. The van der Waals surface area contributed by atoms with Crippen molar-refractivity contribution in [2.24, 2.45) is 5.92 Å². The summed E-state index contributed by atoms with van der Waals surface area (Å²) in [4.78, 5) is 1.92. The van der Waals surface area contributed by atoms with Crippen LogP contribution in [0.4, 0.5) is 0 Å². The van der Waals surface area contributed by atoms with Crippen LogP contribution in [-0.2, 0) is 0 Å². The van der Waals surface area contributed by atoms with Gasteiger partial charge in [-0.3, -0.25) is 0 Å². The molecule has 0 amide bonds. The Hall–Kier alpha value is 0.250. The van der Waals surface area contributed by atoms with E-state index in [1.165, 1.54) is 77.4 Å². The third-order valence-corrected chi connectivity index (χ3v) is 4.11. The van der Waals surface area contributed by atoms with Crippen LogP contribution < -0.4 is 17.3 Å². The van der Waals surface area contributed by atoms with Crippen LogP contribution in [0.5, 0.6) is 0 Å². The van der Waals surface area contributed by atoms with Gasteiger partial charge in [0.2, 0.25) is 0 Å². The SMILES string of the molecule is C1CCCC(C[NH+]2CCCCC2)CC1.[Cl-]. The highest BCUT2D eigenvalue weighted by Crippen LogP contribution is 2.21. The third-order valence-electron chi connectivity index (χ3n) is 4.11. The van der Waals surface area contributed by atoms with E-state index in [1.54, 1.807) is 0 Å². The molecule has 1 saturated heterocycles. The number of hydrogen-bond donors (Lipinski definition) is 1. The van der Waals surface area contributed by atoms with Crippen LogP contribution in [0.15, 0.2) is 0 Å². The smallest absolute Gasteiger partial charge is 0.0799 e. The van der Waals surface area contributed by atoms with E-state index in [9.17, 15) is 0 Å². The fourth-order valence-electron chi connectivity index (χ4n) is 3.23. The maximum Gasteiger partial charge on any atom is 0.0799 e. The first-order valence-corrected chi connectivity index (χ1v) is 6.79. The first-order valence-electron chi connectivity index (χ1n) is 6.79. The van der Waals surface area contributed by atoms with Gasteiger partial charge in [0, 0.05) is 5.92 Å². The molecule has 0 bridgehead atoms. The largest absolute Gasteiger partial charge is 1.00 e. The Balaban J connectivity index is 0.00000112. The molecule has 1 nitrogen and oxygen atoms in total. The number of nitrogens with one attached hydrogen (secondary N) is 1. The summed E-state index contributed by atoms with van der Waals surface area (Å²) in [5, 5.41) is 0. The zero-order valence-corrected chi connectivity index (χ0v) is 10.7. The summed E-state index contributed by atoms with van der Waals surface area (Å²) in [6.07, 6.45) is 13.6. The standard InChI is InChI=1S/C13H25N.ClH/c1-2-5-9-13(8-4-1)12-14-10-6-3-7-11-14;/h13H,1-12H2;1H. The van der Waals surface area contributed by atoms with Crippen molar-refractivity contribution in [1.82, 2.24) is 0 Å². The number of likely N-dealkylation sites (tertiary alicyclic amines) is 1. The number of halogens is 1. The molecule has 1 saturated carbocycles. The summed E-state index contributed by atoms with van der Waals surface area (Å²) in [7, 11) is 0. The average molecular weight is 232 g/mol. The zero-order chi connectivity index (χ0) is 9.64. The minimum Gasteiger partial charge on any atom is -1.00 e. The molecule has 0 radical (unpaired) electrons. The van der Waals surface area contributed by atoms with Crippen molar-refractivity contribution in [3.8, 4) is 0 Å². The van der Waals surface area contributed by atoms with Gasteiger partial charge in [0.1, 0.15) is 0 Å². The molecule has 2 aliphatic rings. The van der Waals surface area contributed by atoms with E-state index in [-0.39, 0.29) is 12.4 Å². The van der Waals surface area contributed by atoms with E-state index in [4.69, 9.17) is 0 Å². The van der Waals surface area contributed by atoms with Gasteiger partial charge in [0.15, 0.2) is 0 Å². The molecule has 2 rings (SSSR count). The van der Waals surface area contributed by atoms with Crippen LogP contribution in [0.3, 0.4) is 0 Å². The molecular formula is C13H26ClN. The van der Waals surface area contributed by atoms with E-state index >= 15 is 0 Å². The second-order valence-corrected chi connectivity index (χ2v) is 5.37. The van der Waals surface area contributed by atoms with Crippen LogP contribution in [0, 0.1) is 5.92 Å². The summed E-state index contributed by atoms with van der Waals surface area (Å²) < 4.78 is 0. The van der Waals surface area contributed by atoms with Crippen molar-refractivity contribution in [3.05, 3.63) is 0 Å². The van der Waals surface area contributed by atoms with Gasteiger partial charge in [-0.25, -0.2) is 0 Å². The Morgan fingerprint density at radius 3 is 1.87 bits per heavy atom. The van der Waals surface area contributed by atoms with Gasteiger partial charge in [0.25, 0.3) is 0 Å². The minimum atomic E-state index is 0. The Kier molecular flexibility index (Phi) is 6.67. The molecule has 90 valence electrons. The number of rotatable bonds is 2. The number of quaternary nitrogens is 1. The van der Waals surface area contributed by atoms with Crippen molar-refractivity contribution in [2.45, 2.75) is 57.8 Å².